The topological polar surface area (TPSA) is 85.2 Å². The molecule has 1 saturated carbocycles. The number of carbonyl (C=O) groups is 1. The van der Waals surface area contributed by atoms with Crippen LogP contribution in [-0.4, -0.2) is 53.3 Å². The van der Waals surface area contributed by atoms with Gasteiger partial charge in [0.2, 0.25) is 0 Å². The average Bonchev–Trinajstić information content (AvgIpc) is 3.25. The zero-order valence-electron chi connectivity index (χ0n) is 23.9. The summed E-state index contributed by atoms with van der Waals surface area (Å²) in [6, 6.07) is 9.56. The molecular formula is C32H48F2O6. The summed E-state index contributed by atoms with van der Waals surface area (Å²) in [5.41, 5.74) is 0.954. The van der Waals surface area contributed by atoms with E-state index in [9.17, 15) is 23.8 Å². The lowest BCUT2D eigenvalue weighted by Crippen LogP contribution is -2.36. The van der Waals surface area contributed by atoms with Gasteiger partial charge in [-0.2, -0.15) is 0 Å². The van der Waals surface area contributed by atoms with Crippen molar-refractivity contribution >= 4 is 5.97 Å². The fraction of sp³-hybridized carbons (Fsp3) is 0.719. The van der Waals surface area contributed by atoms with Crippen molar-refractivity contribution in [3.8, 4) is 0 Å². The van der Waals surface area contributed by atoms with Gasteiger partial charge in [-0.25, -0.2) is 8.78 Å². The number of carbonyl (C=O) groups excluding carboxylic acids is 1. The first kappa shape index (κ1) is 32.6. The minimum atomic E-state index is -3.12. The molecule has 0 amide bonds. The number of unbranched alkanes of at least 4 members (excludes halogenated alkanes) is 2. The summed E-state index contributed by atoms with van der Waals surface area (Å²) in [7, 11) is 0. The number of hydrogen-bond acceptors (Lipinski definition) is 6. The second-order valence-corrected chi connectivity index (χ2v) is 11.3. The lowest BCUT2D eigenvalue weighted by molar-refractivity contribution is -0.197. The first-order valence-electron chi connectivity index (χ1n) is 15.2. The summed E-state index contributed by atoms with van der Waals surface area (Å²) >= 11 is 0. The van der Waals surface area contributed by atoms with E-state index in [4.69, 9.17) is 14.2 Å². The smallest absolute Gasteiger partial charge is 0.306 e. The van der Waals surface area contributed by atoms with Crippen LogP contribution in [-0.2, 0) is 25.6 Å². The first-order valence-corrected chi connectivity index (χ1v) is 15.2. The Morgan fingerprint density at radius 1 is 1.18 bits per heavy atom. The maximum atomic E-state index is 14.4. The third kappa shape index (κ3) is 10.8. The van der Waals surface area contributed by atoms with Crippen LogP contribution in [0.3, 0.4) is 0 Å². The molecule has 1 aromatic carbocycles. The number of halogens is 2. The number of esters is 1. The van der Waals surface area contributed by atoms with Gasteiger partial charge in [0.25, 0.3) is 5.92 Å². The van der Waals surface area contributed by atoms with Crippen molar-refractivity contribution in [2.45, 2.75) is 128 Å². The van der Waals surface area contributed by atoms with Crippen LogP contribution < -0.4 is 0 Å². The molecule has 0 aromatic heterocycles. The maximum Gasteiger partial charge on any atom is 0.306 e. The van der Waals surface area contributed by atoms with Crippen LogP contribution in [0.2, 0.25) is 0 Å². The van der Waals surface area contributed by atoms with Gasteiger partial charge >= 0.3 is 5.97 Å². The van der Waals surface area contributed by atoms with Crippen LogP contribution in [0.1, 0.15) is 96.0 Å². The van der Waals surface area contributed by atoms with E-state index in [1.165, 1.54) is 0 Å². The molecule has 2 N–H and O–H groups in total. The molecule has 0 spiro atoms. The van der Waals surface area contributed by atoms with E-state index in [0.717, 1.165) is 24.8 Å². The predicted octanol–water partition coefficient (Wildman–Crippen LogP) is 6.72. The largest absolute Gasteiger partial charge is 0.461 e. The predicted molar refractivity (Wildman–Crippen MR) is 150 cm³/mol. The number of benzene rings is 1. The van der Waals surface area contributed by atoms with Gasteiger partial charge in [0.1, 0.15) is 12.7 Å². The Morgan fingerprint density at radius 3 is 2.70 bits per heavy atom. The molecule has 6 nitrogen and oxygen atoms in total. The average molecular weight is 567 g/mol. The number of ether oxygens (including phenoxy) is 3. The Kier molecular flexibility index (Phi) is 14.0. The summed E-state index contributed by atoms with van der Waals surface area (Å²) < 4.78 is 46.2. The fourth-order valence-electron chi connectivity index (χ4n) is 5.74. The zero-order chi connectivity index (χ0) is 28.8. The zero-order valence-corrected chi connectivity index (χ0v) is 23.9. The number of aliphatic hydroxyl groups excluding tert-OH is 2. The lowest BCUT2D eigenvalue weighted by Gasteiger charge is -2.31. The highest BCUT2D eigenvalue weighted by atomic mass is 19.3. The van der Waals surface area contributed by atoms with Gasteiger partial charge in [-0.05, 0) is 75.2 Å². The molecule has 2 fully saturated rings. The summed E-state index contributed by atoms with van der Waals surface area (Å²) in [4.78, 5) is 12.0. The summed E-state index contributed by atoms with van der Waals surface area (Å²) in [6.45, 7) is 2.76. The minimum absolute atomic E-state index is 0.0369. The number of hydrogen-bond donors (Lipinski definition) is 2. The van der Waals surface area contributed by atoms with Crippen LogP contribution >= 0.6 is 0 Å². The van der Waals surface area contributed by atoms with E-state index in [2.05, 4.69) is 0 Å². The van der Waals surface area contributed by atoms with Gasteiger partial charge in [-0.15, -0.1) is 0 Å². The van der Waals surface area contributed by atoms with Crippen molar-refractivity contribution in [3.63, 3.8) is 0 Å². The molecule has 1 heterocycles. The molecule has 226 valence electrons. The van der Waals surface area contributed by atoms with Gasteiger partial charge in [-0.1, -0.05) is 55.8 Å². The molecule has 8 heteroatoms. The van der Waals surface area contributed by atoms with Gasteiger partial charge in [0.05, 0.1) is 12.2 Å². The second kappa shape index (κ2) is 17.2. The van der Waals surface area contributed by atoms with Gasteiger partial charge in [-0.3, -0.25) is 4.79 Å². The number of allylic oxidation sites excluding steroid dienone is 2. The van der Waals surface area contributed by atoms with Crippen LogP contribution in [0.4, 0.5) is 8.78 Å². The highest BCUT2D eigenvalue weighted by Crippen LogP contribution is 2.42. The van der Waals surface area contributed by atoms with Crippen molar-refractivity contribution in [2.75, 3.05) is 6.61 Å². The highest BCUT2D eigenvalue weighted by molar-refractivity contribution is 5.69. The fourth-order valence-corrected chi connectivity index (χ4v) is 5.74. The van der Waals surface area contributed by atoms with E-state index < -0.39 is 18.1 Å². The molecule has 40 heavy (non-hydrogen) atoms. The molecule has 1 aromatic rings. The van der Waals surface area contributed by atoms with Crippen LogP contribution in [0.5, 0.6) is 0 Å². The van der Waals surface area contributed by atoms with E-state index in [1.54, 1.807) is 0 Å². The Morgan fingerprint density at radius 2 is 1.98 bits per heavy atom. The van der Waals surface area contributed by atoms with E-state index in [-0.39, 0.29) is 49.6 Å². The van der Waals surface area contributed by atoms with E-state index in [1.807, 2.05) is 49.4 Å². The standard InChI is InChI=1S/C32H48F2O6/c1-2-3-20-32(33,34)29(36)19-18-26-25(27(35)22-28(26)40-31-17-11-12-21-38-31)15-9-4-5-10-16-30(37)39-23-24-13-7-6-8-14-24/h4,6-9,13-14,25-29,31,35-36H,2-3,5,10-12,15-23H2,1H3/b9-4+/t25-,26-,27+,28-,29+,31-/m1/s1. The highest BCUT2D eigenvalue weighted by Gasteiger charge is 2.45. The van der Waals surface area contributed by atoms with Crippen molar-refractivity contribution in [1.29, 1.82) is 0 Å². The Bertz CT molecular complexity index is 873. The summed E-state index contributed by atoms with van der Waals surface area (Å²) in [5, 5.41) is 21.2. The van der Waals surface area contributed by atoms with E-state index >= 15 is 0 Å². The molecule has 1 aliphatic heterocycles. The molecule has 1 aliphatic carbocycles. The molecule has 1 saturated heterocycles. The number of aliphatic hydroxyl groups is 2. The third-order valence-corrected chi connectivity index (χ3v) is 8.15. The number of alkyl halides is 2. The first-order chi connectivity index (χ1) is 19.3. The molecule has 2 aliphatic rings. The Balaban J connectivity index is 1.48. The summed E-state index contributed by atoms with van der Waals surface area (Å²) in [5.74, 6) is -3.66. The third-order valence-electron chi connectivity index (χ3n) is 8.15. The Labute approximate surface area is 238 Å². The van der Waals surface area contributed by atoms with Gasteiger partial charge in [0, 0.05) is 25.9 Å². The summed E-state index contributed by atoms with van der Waals surface area (Å²) in [6.07, 6.45) is 7.55. The van der Waals surface area contributed by atoms with Crippen molar-refractivity contribution < 1.29 is 38.0 Å². The molecule has 0 radical (unpaired) electrons. The van der Waals surface area contributed by atoms with Crippen molar-refractivity contribution in [3.05, 3.63) is 48.0 Å². The molecule has 3 rings (SSSR count). The number of rotatable bonds is 17. The second-order valence-electron chi connectivity index (χ2n) is 11.3. The Hall–Kier alpha value is -1.87. The lowest BCUT2D eigenvalue weighted by atomic mass is 9.85. The van der Waals surface area contributed by atoms with Crippen molar-refractivity contribution in [2.24, 2.45) is 11.8 Å². The molecule has 6 atom stereocenters. The quantitative estimate of drug-likeness (QED) is 0.124. The molecule has 0 unspecified atom stereocenters. The minimum Gasteiger partial charge on any atom is -0.461 e. The molecule has 0 bridgehead atoms. The van der Waals surface area contributed by atoms with E-state index in [0.29, 0.717) is 58.0 Å². The normalized spacial score (nSPS) is 26.3. The van der Waals surface area contributed by atoms with Crippen LogP contribution in [0.25, 0.3) is 0 Å². The monoisotopic (exact) mass is 566 g/mol. The SMILES string of the molecule is CCCCC(F)(F)[C@@H](O)CC[C@@H]1[C@@H](C/C=C/CCCC(=O)OCc2ccccc2)[C@@H](O)C[C@H]1O[C@@H]1CCCCO1. The van der Waals surface area contributed by atoms with Crippen molar-refractivity contribution in [1.82, 2.24) is 0 Å². The van der Waals surface area contributed by atoms with Crippen LogP contribution in [0, 0.1) is 11.8 Å². The van der Waals surface area contributed by atoms with Crippen LogP contribution in [0.15, 0.2) is 42.5 Å². The maximum absolute atomic E-state index is 14.4. The molecular weight excluding hydrogens is 518 g/mol. The van der Waals surface area contributed by atoms with Gasteiger partial charge < -0.3 is 24.4 Å². The van der Waals surface area contributed by atoms with Gasteiger partial charge in [0.15, 0.2) is 6.29 Å².